The van der Waals surface area contributed by atoms with Crippen LogP contribution in [-0.2, 0) is 0 Å². The molecule has 0 N–H and O–H groups in total. The molecule has 0 aliphatic carbocycles. The third-order valence-electron chi connectivity index (χ3n) is 11.2. The fourth-order valence-corrected chi connectivity index (χ4v) is 8.99. The monoisotopic (exact) mass is 656 g/mol. The highest BCUT2D eigenvalue weighted by Crippen LogP contribution is 2.51. The highest BCUT2D eigenvalue weighted by Gasteiger charge is 2.24. The summed E-state index contributed by atoms with van der Waals surface area (Å²) in [5.74, 6) is 0. The summed E-state index contributed by atoms with van der Waals surface area (Å²) in [4.78, 5) is 0. The van der Waals surface area contributed by atoms with E-state index in [1.807, 2.05) is 0 Å². The Hall–Kier alpha value is -6.76. The van der Waals surface area contributed by atoms with E-state index >= 15 is 0 Å². The molecule has 11 aromatic carbocycles. The minimum absolute atomic E-state index is 1.19. The number of rotatable bonds is 5. The molecule has 0 aliphatic heterocycles. The summed E-state index contributed by atoms with van der Waals surface area (Å²) in [7, 11) is 0. The molecule has 11 aromatic rings. The fraction of sp³-hybridized carbons (Fsp3) is 0. The molecular formula is C52H32. The quantitative estimate of drug-likeness (QED) is 0.128. The lowest BCUT2D eigenvalue weighted by Crippen LogP contribution is -1.90. The minimum atomic E-state index is 1.19. The molecule has 0 unspecified atom stereocenters. The highest BCUT2D eigenvalue weighted by molar-refractivity contribution is 6.42. The standard InChI is InChI=1S/C52H32/c1-4-14-33(15-5-1)26-28-41-47-32-46-38-21-11-10-20-37(38)40-23-13-24-42(49(40)46)50(47)44(29-27-34-16-6-2-7-17-34)52-43-25-12-22-39-36(35-18-8-3-9-19-35)30-31-45(48(39)43)51(41)52/h1-32H/b28-26+,29-27+. The Morgan fingerprint density at radius 3 is 1.42 bits per heavy atom. The van der Waals surface area contributed by atoms with Gasteiger partial charge in [-0.1, -0.05) is 188 Å². The number of benzene rings is 9. The maximum Gasteiger partial charge on any atom is -0.00134 e. The van der Waals surface area contributed by atoms with E-state index < -0.39 is 0 Å². The first kappa shape index (κ1) is 29.0. The van der Waals surface area contributed by atoms with Crippen LogP contribution in [0, 0.1) is 0 Å². The zero-order chi connectivity index (χ0) is 34.2. The van der Waals surface area contributed by atoms with Gasteiger partial charge in [-0.25, -0.2) is 0 Å². The normalized spacial score (nSPS) is 12.5. The molecule has 0 saturated heterocycles. The van der Waals surface area contributed by atoms with Gasteiger partial charge in [-0.05, 0) is 115 Å². The first-order chi connectivity index (χ1) is 25.8. The van der Waals surface area contributed by atoms with Crippen LogP contribution >= 0.6 is 0 Å². The molecule has 0 heteroatoms. The molecule has 0 fully saturated rings. The van der Waals surface area contributed by atoms with E-state index in [-0.39, 0.29) is 0 Å². The predicted molar refractivity (Wildman–Crippen MR) is 228 cm³/mol. The summed E-state index contributed by atoms with van der Waals surface area (Å²) in [5, 5.41) is 18.4. The average Bonchev–Trinajstić information content (AvgIpc) is 3.72. The van der Waals surface area contributed by atoms with Crippen molar-refractivity contribution in [1.82, 2.24) is 0 Å². The lowest BCUT2D eigenvalue weighted by molar-refractivity contribution is 1.66. The fourth-order valence-electron chi connectivity index (χ4n) is 8.99. The summed E-state index contributed by atoms with van der Waals surface area (Å²) in [6, 6.07) is 62.2. The van der Waals surface area contributed by atoms with E-state index in [0.29, 0.717) is 0 Å². The van der Waals surface area contributed by atoms with Crippen molar-refractivity contribution in [3.8, 4) is 11.1 Å². The topological polar surface area (TPSA) is 0 Å². The smallest absolute Gasteiger partial charge is 0.00134 e. The van der Waals surface area contributed by atoms with Crippen molar-refractivity contribution < 1.29 is 0 Å². The Labute approximate surface area is 301 Å². The average molecular weight is 657 g/mol. The highest BCUT2D eigenvalue weighted by atomic mass is 14.3. The van der Waals surface area contributed by atoms with Crippen molar-refractivity contribution in [3.05, 3.63) is 192 Å². The Morgan fingerprint density at radius 2 is 0.731 bits per heavy atom. The van der Waals surface area contributed by atoms with Gasteiger partial charge < -0.3 is 0 Å². The van der Waals surface area contributed by atoms with Crippen LogP contribution in [0.5, 0.6) is 0 Å². The largest absolute Gasteiger partial charge is 0.0622 e. The van der Waals surface area contributed by atoms with Crippen LogP contribution in [0.1, 0.15) is 22.3 Å². The maximum atomic E-state index is 2.50. The van der Waals surface area contributed by atoms with Crippen LogP contribution in [0.3, 0.4) is 0 Å². The number of hydrogen-bond donors (Lipinski definition) is 0. The lowest BCUT2D eigenvalue weighted by atomic mass is 9.87. The molecule has 0 heterocycles. The first-order valence-electron chi connectivity index (χ1n) is 18.1. The molecule has 0 nitrogen and oxygen atoms in total. The van der Waals surface area contributed by atoms with Gasteiger partial charge >= 0.3 is 0 Å². The molecule has 0 radical (unpaired) electrons. The molecule has 0 spiro atoms. The first-order valence-corrected chi connectivity index (χ1v) is 18.1. The summed E-state index contributed by atoms with van der Waals surface area (Å²) < 4.78 is 0. The lowest BCUT2D eigenvalue weighted by Gasteiger charge is -2.15. The molecule has 0 aromatic heterocycles. The van der Waals surface area contributed by atoms with Gasteiger partial charge in [0.1, 0.15) is 0 Å². The number of hydrogen-bond acceptors (Lipinski definition) is 0. The van der Waals surface area contributed by atoms with E-state index in [1.165, 1.54) is 109 Å². The van der Waals surface area contributed by atoms with Crippen molar-refractivity contribution in [3.63, 3.8) is 0 Å². The summed E-state index contributed by atoms with van der Waals surface area (Å²) in [6.07, 6.45) is 9.36. The molecule has 11 rings (SSSR count). The van der Waals surface area contributed by atoms with Gasteiger partial charge in [-0.15, -0.1) is 0 Å². The SMILES string of the molecule is C(=C\c1c2cc3c4ccccc4c4cccc(c2c(/C=C/c2ccccc2)c2c5cccc6c(-c7ccccc7)ccc(c12)c65)c43)/c1ccccc1. The minimum Gasteiger partial charge on any atom is -0.0622 e. The van der Waals surface area contributed by atoms with Crippen molar-refractivity contribution in [2.75, 3.05) is 0 Å². The Kier molecular flexibility index (Phi) is 6.35. The Balaban J connectivity index is 1.39. The molecular weight excluding hydrogens is 625 g/mol. The van der Waals surface area contributed by atoms with Crippen LogP contribution in [0.4, 0.5) is 0 Å². The van der Waals surface area contributed by atoms with Crippen molar-refractivity contribution in [1.29, 1.82) is 0 Å². The van der Waals surface area contributed by atoms with Crippen LogP contribution in [-0.4, -0.2) is 0 Å². The third-order valence-corrected chi connectivity index (χ3v) is 11.2. The van der Waals surface area contributed by atoms with Crippen LogP contribution in [0.15, 0.2) is 170 Å². The van der Waals surface area contributed by atoms with E-state index in [0.717, 1.165) is 0 Å². The molecule has 0 aliphatic rings. The van der Waals surface area contributed by atoms with E-state index in [1.54, 1.807) is 0 Å². The zero-order valence-electron chi connectivity index (χ0n) is 28.5. The molecule has 0 amide bonds. The molecule has 0 bridgehead atoms. The predicted octanol–water partition coefficient (Wildman–Crippen LogP) is 14.6. The van der Waals surface area contributed by atoms with Crippen LogP contribution < -0.4 is 0 Å². The van der Waals surface area contributed by atoms with Gasteiger partial charge in [-0.3, -0.25) is 0 Å². The molecule has 240 valence electrons. The van der Waals surface area contributed by atoms with Crippen LogP contribution in [0.2, 0.25) is 0 Å². The Bertz CT molecular complexity index is 3180. The zero-order valence-corrected chi connectivity index (χ0v) is 28.5. The van der Waals surface area contributed by atoms with Gasteiger partial charge in [0.15, 0.2) is 0 Å². The van der Waals surface area contributed by atoms with Gasteiger partial charge in [0.25, 0.3) is 0 Å². The second kappa shape index (κ2) is 11.4. The van der Waals surface area contributed by atoms with Crippen LogP contribution in [0.25, 0.3) is 111 Å². The van der Waals surface area contributed by atoms with E-state index in [4.69, 9.17) is 0 Å². The molecule has 0 atom stereocenters. The second-order valence-electron chi connectivity index (χ2n) is 13.9. The second-order valence-corrected chi connectivity index (χ2v) is 13.9. The molecule has 0 saturated carbocycles. The van der Waals surface area contributed by atoms with Crippen molar-refractivity contribution in [2.45, 2.75) is 0 Å². The van der Waals surface area contributed by atoms with Gasteiger partial charge in [-0.2, -0.15) is 0 Å². The Morgan fingerprint density at radius 1 is 0.250 bits per heavy atom. The van der Waals surface area contributed by atoms with Crippen molar-refractivity contribution in [2.24, 2.45) is 0 Å². The summed E-state index contributed by atoms with van der Waals surface area (Å²) >= 11 is 0. The van der Waals surface area contributed by atoms with Gasteiger partial charge in [0.05, 0.1) is 0 Å². The van der Waals surface area contributed by atoms with E-state index in [9.17, 15) is 0 Å². The van der Waals surface area contributed by atoms with E-state index in [2.05, 4.69) is 194 Å². The number of fused-ring (bicyclic) bond motifs is 8. The van der Waals surface area contributed by atoms with Gasteiger partial charge in [0, 0.05) is 0 Å². The van der Waals surface area contributed by atoms with Crippen molar-refractivity contribution >= 4 is 99.7 Å². The maximum absolute atomic E-state index is 2.50. The summed E-state index contributed by atoms with van der Waals surface area (Å²) in [6.45, 7) is 0. The third kappa shape index (κ3) is 4.22. The molecule has 52 heavy (non-hydrogen) atoms. The van der Waals surface area contributed by atoms with Gasteiger partial charge in [0.2, 0.25) is 0 Å². The summed E-state index contributed by atoms with van der Waals surface area (Å²) in [5.41, 5.74) is 7.43.